The Kier molecular flexibility index (Phi) is 5.36. The Morgan fingerprint density at radius 2 is 2.04 bits per heavy atom. The van der Waals surface area contributed by atoms with E-state index in [0.29, 0.717) is 30.6 Å². The number of amides is 1. The van der Waals surface area contributed by atoms with Crippen LogP contribution in [0.2, 0.25) is 0 Å². The van der Waals surface area contributed by atoms with Gasteiger partial charge in [-0.3, -0.25) is 9.69 Å². The third kappa shape index (κ3) is 3.96. The molecule has 27 heavy (non-hydrogen) atoms. The lowest BCUT2D eigenvalue weighted by molar-refractivity contribution is -0.123. The van der Waals surface area contributed by atoms with E-state index in [4.69, 9.17) is 9.47 Å². The average Bonchev–Trinajstić information content (AvgIpc) is 3.41. The first-order valence-corrected chi connectivity index (χ1v) is 10.4. The van der Waals surface area contributed by atoms with Gasteiger partial charge in [0.2, 0.25) is 5.91 Å². The Bertz CT molecular complexity index is 816. The van der Waals surface area contributed by atoms with Crippen molar-refractivity contribution in [3.05, 3.63) is 45.6 Å². The number of hydrogen-bond donors (Lipinski definition) is 1. The van der Waals surface area contributed by atoms with E-state index in [1.54, 1.807) is 14.2 Å². The minimum Gasteiger partial charge on any atom is -0.493 e. The van der Waals surface area contributed by atoms with Crippen molar-refractivity contribution in [1.29, 1.82) is 0 Å². The molecule has 1 aromatic heterocycles. The third-order valence-electron chi connectivity index (χ3n) is 5.47. The molecule has 1 unspecified atom stereocenters. The minimum atomic E-state index is 0.0779. The molecule has 6 heteroatoms. The van der Waals surface area contributed by atoms with Gasteiger partial charge in [0, 0.05) is 24.0 Å². The van der Waals surface area contributed by atoms with Crippen molar-refractivity contribution in [3.8, 4) is 11.5 Å². The highest BCUT2D eigenvalue weighted by Crippen LogP contribution is 2.48. The van der Waals surface area contributed by atoms with Crippen LogP contribution in [0.5, 0.6) is 11.5 Å². The van der Waals surface area contributed by atoms with Gasteiger partial charge in [-0.1, -0.05) is 6.07 Å². The molecular weight excluding hydrogens is 360 g/mol. The molecule has 144 valence electrons. The van der Waals surface area contributed by atoms with Gasteiger partial charge in [-0.2, -0.15) is 0 Å². The second-order valence-electron chi connectivity index (χ2n) is 7.27. The Morgan fingerprint density at radius 1 is 1.22 bits per heavy atom. The molecule has 2 aliphatic rings. The number of carbonyl (C=O) groups excluding carboxylic acids is 1. The normalized spacial score (nSPS) is 19.4. The van der Waals surface area contributed by atoms with Crippen LogP contribution in [0.1, 0.15) is 34.9 Å². The molecule has 1 amide bonds. The first-order valence-electron chi connectivity index (χ1n) is 9.47. The zero-order valence-electron chi connectivity index (χ0n) is 15.9. The van der Waals surface area contributed by atoms with Crippen molar-refractivity contribution < 1.29 is 14.3 Å². The first kappa shape index (κ1) is 18.3. The summed E-state index contributed by atoms with van der Waals surface area (Å²) in [7, 11) is 3.24. The molecule has 1 saturated carbocycles. The van der Waals surface area contributed by atoms with Gasteiger partial charge >= 0.3 is 0 Å². The van der Waals surface area contributed by atoms with E-state index in [2.05, 4.69) is 21.7 Å². The third-order valence-corrected chi connectivity index (χ3v) is 6.47. The maximum atomic E-state index is 12.6. The lowest BCUT2D eigenvalue weighted by Crippen LogP contribution is -2.42. The van der Waals surface area contributed by atoms with Crippen LogP contribution in [0.15, 0.2) is 29.6 Å². The van der Waals surface area contributed by atoms with Gasteiger partial charge in [0.25, 0.3) is 0 Å². The van der Waals surface area contributed by atoms with Crippen LogP contribution < -0.4 is 14.8 Å². The lowest BCUT2D eigenvalue weighted by Gasteiger charge is -2.35. The number of ether oxygens (including phenoxy) is 2. The summed E-state index contributed by atoms with van der Waals surface area (Å²) in [5.41, 5.74) is 2.46. The van der Waals surface area contributed by atoms with Crippen molar-refractivity contribution in [2.24, 2.45) is 5.92 Å². The predicted molar refractivity (Wildman–Crippen MR) is 106 cm³/mol. The molecule has 1 atom stereocenters. The molecule has 0 radical (unpaired) electrons. The molecule has 1 aliphatic heterocycles. The minimum absolute atomic E-state index is 0.0779. The standard InChI is InChI=1S/C21H26N2O3S/c1-25-17-6-3-14(11-18(17)26-2)12-22-20(24)13-23-9-7-19-16(8-10-27-19)21(23)15-4-5-15/h3,6,8,10-11,15,21H,4-5,7,9,12-13H2,1-2H3,(H,22,24). The van der Waals surface area contributed by atoms with Crippen molar-refractivity contribution in [1.82, 2.24) is 10.2 Å². The van der Waals surface area contributed by atoms with Crippen LogP contribution in [0.3, 0.4) is 0 Å². The molecule has 1 N–H and O–H groups in total. The van der Waals surface area contributed by atoms with Gasteiger partial charge in [0.1, 0.15) is 0 Å². The Balaban J connectivity index is 1.37. The summed E-state index contributed by atoms with van der Waals surface area (Å²) >= 11 is 1.86. The van der Waals surface area contributed by atoms with E-state index < -0.39 is 0 Å². The lowest BCUT2D eigenvalue weighted by atomic mass is 9.96. The van der Waals surface area contributed by atoms with Crippen LogP contribution in [0.25, 0.3) is 0 Å². The maximum absolute atomic E-state index is 12.6. The molecule has 5 nitrogen and oxygen atoms in total. The SMILES string of the molecule is COc1ccc(CNC(=O)CN2CCc3sccc3C2C2CC2)cc1OC. The number of nitrogens with one attached hydrogen (secondary N) is 1. The smallest absolute Gasteiger partial charge is 0.234 e. The number of thiophene rings is 1. The van der Waals surface area contributed by atoms with Crippen molar-refractivity contribution in [3.63, 3.8) is 0 Å². The van der Waals surface area contributed by atoms with E-state index in [9.17, 15) is 4.79 Å². The van der Waals surface area contributed by atoms with E-state index in [1.807, 2.05) is 29.5 Å². The number of methoxy groups -OCH3 is 2. The number of hydrogen-bond acceptors (Lipinski definition) is 5. The number of carbonyl (C=O) groups is 1. The summed E-state index contributed by atoms with van der Waals surface area (Å²) in [5, 5.41) is 5.25. The summed E-state index contributed by atoms with van der Waals surface area (Å²) < 4.78 is 10.6. The second kappa shape index (κ2) is 7.90. The molecule has 1 aliphatic carbocycles. The molecule has 0 saturated heterocycles. The van der Waals surface area contributed by atoms with Gasteiger partial charge in [-0.25, -0.2) is 0 Å². The molecular formula is C21H26N2O3S. The molecule has 1 aromatic carbocycles. The Labute approximate surface area is 164 Å². The summed E-state index contributed by atoms with van der Waals surface area (Å²) in [6.07, 6.45) is 3.62. The van der Waals surface area contributed by atoms with E-state index >= 15 is 0 Å². The Hall–Kier alpha value is -2.05. The molecule has 0 spiro atoms. The highest BCUT2D eigenvalue weighted by Gasteiger charge is 2.40. The summed E-state index contributed by atoms with van der Waals surface area (Å²) in [5.74, 6) is 2.17. The number of nitrogens with zero attached hydrogens (tertiary/aromatic N) is 1. The van der Waals surface area contributed by atoms with Gasteiger partial charge in [-0.05, 0) is 59.9 Å². The number of rotatable bonds is 7. The fourth-order valence-corrected chi connectivity index (χ4v) is 4.88. The summed E-state index contributed by atoms with van der Waals surface area (Å²) in [4.78, 5) is 16.5. The van der Waals surface area contributed by atoms with Crippen molar-refractivity contribution in [2.75, 3.05) is 27.3 Å². The number of fused-ring (bicyclic) bond motifs is 1. The largest absolute Gasteiger partial charge is 0.493 e. The maximum Gasteiger partial charge on any atom is 0.234 e. The van der Waals surface area contributed by atoms with Crippen LogP contribution >= 0.6 is 11.3 Å². The highest BCUT2D eigenvalue weighted by molar-refractivity contribution is 7.10. The summed E-state index contributed by atoms with van der Waals surface area (Å²) in [6.45, 7) is 1.92. The van der Waals surface area contributed by atoms with E-state index in [0.717, 1.165) is 24.4 Å². The van der Waals surface area contributed by atoms with Gasteiger partial charge in [-0.15, -0.1) is 11.3 Å². The van der Waals surface area contributed by atoms with Gasteiger partial charge in [0.05, 0.1) is 20.8 Å². The molecule has 0 bridgehead atoms. The van der Waals surface area contributed by atoms with Gasteiger partial charge in [0.15, 0.2) is 11.5 Å². The monoisotopic (exact) mass is 386 g/mol. The van der Waals surface area contributed by atoms with Crippen LogP contribution in [-0.2, 0) is 17.8 Å². The summed E-state index contributed by atoms with van der Waals surface area (Å²) in [6, 6.07) is 8.41. The number of benzene rings is 1. The van der Waals surface area contributed by atoms with Crippen LogP contribution in [-0.4, -0.2) is 38.1 Å². The van der Waals surface area contributed by atoms with Crippen molar-refractivity contribution >= 4 is 17.2 Å². The zero-order chi connectivity index (χ0) is 18.8. The predicted octanol–water partition coefficient (Wildman–Crippen LogP) is 3.39. The van der Waals surface area contributed by atoms with Crippen molar-refractivity contribution in [2.45, 2.75) is 31.8 Å². The van der Waals surface area contributed by atoms with Crippen LogP contribution in [0, 0.1) is 5.92 Å². The van der Waals surface area contributed by atoms with Gasteiger partial charge < -0.3 is 14.8 Å². The quantitative estimate of drug-likeness (QED) is 0.793. The molecule has 2 heterocycles. The van der Waals surface area contributed by atoms with E-state index in [1.165, 1.54) is 23.3 Å². The molecule has 2 aromatic rings. The van der Waals surface area contributed by atoms with E-state index in [-0.39, 0.29) is 5.91 Å². The fourth-order valence-electron chi connectivity index (χ4n) is 3.97. The molecule has 1 fully saturated rings. The molecule has 4 rings (SSSR count). The fraction of sp³-hybridized carbons (Fsp3) is 0.476. The Morgan fingerprint density at radius 3 is 2.78 bits per heavy atom. The highest BCUT2D eigenvalue weighted by atomic mass is 32.1. The average molecular weight is 387 g/mol. The topological polar surface area (TPSA) is 50.8 Å². The second-order valence-corrected chi connectivity index (χ2v) is 8.27. The first-order chi connectivity index (χ1) is 13.2. The zero-order valence-corrected chi connectivity index (χ0v) is 16.7. The van der Waals surface area contributed by atoms with Crippen LogP contribution in [0.4, 0.5) is 0 Å².